The van der Waals surface area contributed by atoms with E-state index in [2.05, 4.69) is 0 Å². The Bertz CT molecular complexity index is 581. The highest BCUT2D eigenvalue weighted by atomic mass is 32.2. The molecule has 5 nitrogen and oxygen atoms in total. The number of benzene rings is 1. The number of nitrogens with zero attached hydrogens (tertiary/aromatic N) is 2. The zero-order valence-electron chi connectivity index (χ0n) is 11.2. The fourth-order valence-corrected chi connectivity index (χ4v) is 2.45. The maximum absolute atomic E-state index is 12.1. The Balaban J connectivity index is 2.17. The Labute approximate surface area is 121 Å². The summed E-state index contributed by atoms with van der Waals surface area (Å²) in [7, 11) is 3.17. The summed E-state index contributed by atoms with van der Waals surface area (Å²) in [6, 6.07) is 9.27. The average molecular weight is 290 g/mol. The third-order valence-corrected chi connectivity index (χ3v) is 3.67. The monoisotopic (exact) mass is 290 g/mol. The SMILES string of the molecule is CN(C)C(=O)CN1C(=O)S/C(=C/c2ccccc2)C1=O. The van der Waals surface area contributed by atoms with Crippen molar-refractivity contribution in [1.29, 1.82) is 0 Å². The highest BCUT2D eigenvalue weighted by molar-refractivity contribution is 8.18. The first-order chi connectivity index (χ1) is 9.49. The molecule has 0 radical (unpaired) electrons. The van der Waals surface area contributed by atoms with Gasteiger partial charge in [-0.2, -0.15) is 0 Å². The minimum Gasteiger partial charge on any atom is -0.347 e. The highest BCUT2D eigenvalue weighted by Crippen LogP contribution is 2.31. The van der Waals surface area contributed by atoms with Crippen molar-refractivity contribution in [2.45, 2.75) is 0 Å². The van der Waals surface area contributed by atoms with E-state index in [1.807, 2.05) is 30.3 Å². The summed E-state index contributed by atoms with van der Waals surface area (Å²) < 4.78 is 0. The van der Waals surface area contributed by atoms with Crippen molar-refractivity contribution < 1.29 is 14.4 Å². The number of thioether (sulfide) groups is 1. The second-order valence-electron chi connectivity index (χ2n) is 4.47. The van der Waals surface area contributed by atoms with Crippen molar-refractivity contribution in [3.8, 4) is 0 Å². The van der Waals surface area contributed by atoms with Crippen LogP contribution in [0.5, 0.6) is 0 Å². The Morgan fingerprint density at radius 3 is 2.50 bits per heavy atom. The first-order valence-corrected chi connectivity index (χ1v) is 6.81. The molecule has 1 aromatic rings. The first kappa shape index (κ1) is 14.3. The second-order valence-corrected chi connectivity index (χ2v) is 5.46. The topological polar surface area (TPSA) is 57.7 Å². The van der Waals surface area contributed by atoms with Gasteiger partial charge in [0.1, 0.15) is 6.54 Å². The second kappa shape index (κ2) is 5.92. The maximum atomic E-state index is 12.1. The molecule has 1 aromatic carbocycles. The number of hydrogen-bond acceptors (Lipinski definition) is 4. The molecule has 2 rings (SSSR count). The van der Waals surface area contributed by atoms with Crippen molar-refractivity contribution in [3.05, 3.63) is 40.8 Å². The molecule has 0 aliphatic carbocycles. The molecule has 1 aliphatic heterocycles. The van der Waals surface area contributed by atoms with Gasteiger partial charge in [0.2, 0.25) is 5.91 Å². The minimum absolute atomic E-state index is 0.218. The van der Waals surface area contributed by atoms with E-state index in [-0.39, 0.29) is 12.5 Å². The lowest BCUT2D eigenvalue weighted by molar-refractivity contribution is -0.133. The Morgan fingerprint density at radius 2 is 1.90 bits per heavy atom. The quantitative estimate of drug-likeness (QED) is 0.797. The normalized spacial score (nSPS) is 16.9. The van der Waals surface area contributed by atoms with Crippen LogP contribution in [0.4, 0.5) is 4.79 Å². The molecule has 0 atom stereocenters. The van der Waals surface area contributed by atoms with Crippen LogP contribution < -0.4 is 0 Å². The molecule has 0 unspecified atom stereocenters. The molecule has 3 amide bonds. The van der Waals surface area contributed by atoms with Gasteiger partial charge >= 0.3 is 0 Å². The van der Waals surface area contributed by atoms with Crippen molar-refractivity contribution in [3.63, 3.8) is 0 Å². The molecular weight excluding hydrogens is 276 g/mol. The number of carbonyl (C=O) groups excluding carboxylic acids is 3. The zero-order valence-corrected chi connectivity index (χ0v) is 12.0. The molecule has 1 heterocycles. The van der Waals surface area contributed by atoms with E-state index in [4.69, 9.17) is 0 Å². The van der Waals surface area contributed by atoms with Gasteiger partial charge in [0.15, 0.2) is 0 Å². The predicted octanol–water partition coefficient (Wildman–Crippen LogP) is 1.81. The summed E-state index contributed by atoms with van der Waals surface area (Å²) in [5.41, 5.74) is 0.844. The Morgan fingerprint density at radius 1 is 1.25 bits per heavy atom. The third kappa shape index (κ3) is 3.08. The lowest BCUT2D eigenvalue weighted by Gasteiger charge is -2.15. The smallest absolute Gasteiger partial charge is 0.294 e. The summed E-state index contributed by atoms with van der Waals surface area (Å²) >= 11 is 0.858. The van der Waals surface area contributed by atoms with E-state index in [1.165, 1.54) is 4.90 Å². The number of likely N-dealkylation sites (N-methyl/N-ethyl adjacent to an activating group) is 1. The molecule has 1 saturated heterocycles. The predicted molar refractivity (Wildman–Crippen MR) is 77.8 cm³/mol. The zero-order chi connectivity index (χ0) is 14.7. The van der Waals surface area contributed by atoms with Crippen LogP contribution in [-0.4, -0.2) is 47.5 Å². The van der Waals surface area contributed by atoms with E-state index in [1.54, 1.807) is 20.2 Å². The van der Waals surface area contributed by atoms with Gasteiger partial charge in [0, 0.05) is 14.1 Å². The van der Waals surface area contributed by atoms with Crippen molar-refractivity contribution in [2.24, 2.45) is 0 Å². The molecule has 1 aliphatic rings. The maximum Gasteiger partial charge on any atom is 0.294 e. The summed E-state index contributed by atoms with van der Waals surface area (Å²) in [4.78, 5) is 38.2. The first-order valence-electron chi connectivity index (χ1n) is 5.99. The summed E-state index contributed by atoms with van der Waals surface area (Å²) in [6.45, 7) is -0.218. The minimum atomic E-state index is -0.418. The van der Waals surface area contributed by atoms with E-state index >= 15 is 0 Å². The van der Waals surface area contributed by atoms with Crippen LogP contribution in [-0.2, 0) is 9.59 Å². The molecule has 6 heteroatoms. The van der Waals surface area contributed by atoms with Crippen LogP contribution >= 0.6 is 11.8 Å². The molecule has 104 valence electrons. The third-order valence-electron chi connectivity index (χ3n) is 2.76. The molecule has 0 bridgehead atoms. The molecule has 0 spiro atoms. The van der Waals surface area contributed by atoms with Gasteiger partial charge in [-0.25, -0.2) is 0 Å². The Hall–Kier alpha value is -2.08. The number of hydrogen-bond donors (Lipinski definition) is 0. The molecule has 0 N–H and O–H groups in total. The van der Waals surface area contributed by atoms with E-state index < -0.39 is 11.1 Å². The fourth-order valence-electron chi connectivity index (χ4n) is 1.61. The molecule has 0 aromatic heterocycles. The van der Waals surface area contributed by atoms with Gasteiger partial charge in [-0.3, -0.25) is 19.3 Å². The lowest BCUT2D eigenvalue weighted by Crippen LogP contribution is -2.38. The van der Waals surface area contributed by atoms with Gasteiger partial charge in [-0.1, -0.05) is 30.3 Å². The summed E-state index contributed by atoms with van der Waals surface area (Å²) in [6.07, 6.45) is 1.66. The molecule has 1 fully saturated rings. The molecular formula is C14H14N2O3S. The Kier molecular flexibility index (Phi) is 4.24. The summed E-state index contributed by atoms with van der Waals surface area (Å²) in [5, 5.41) is -0.410. The van der Waals surface area contributed by atoms with Gasteiger partial charge in [-0.05, 0) is 23.4 Å². The van der Waals surface area contributed by atoms with Crippen LogP contribution in [0.2, 0.25) is 0 Å². The number of rotatable bonds is 3. The highest BCUT2D eigenvalue weighted by Gasteiger charge is 2.36. The van der Waals surface area contributed by atoms with Crippen molar-refractivity contribution in [2.75, 3.05) is 20.6 Å². The van der Waals surface area contributed by atoms with Gasteiger partial charge in [0.25, 0.3) is 11.1 Å². The largest absolute Gasteiger partial charge is 0.347 e. The number of carbonyl (C=O) groups is 3. The van der Waals surface area contributed by atoms with E-state index in [9.17, 15) is 14.4 Å². The van der Waals surface area contributed by atoms with Gasteiger partial charge in [-0.15, -0.1) is 0 Å². The number of amides is 3. The van der Waals surface area contributed by atoms with E-state index in [0.717, 1.165) is 22.2 Å². The van der Waals surface area contributed by atoms with Crippen LogP contribution in [0.1, 0.15) is 5.56 Å². The lowest BCUT2D eigenvalue weighted by atomic mass is 10.2. The van der Waals surface area contributed by atoms with Crippen LogP contribution in [0.15, 0.2) is 35.2 Å². The molecule has 0 saturated carbocycles. The van der Waals surface area contributed by atoms with Crippen LogP contribution in [0, 0.1) is 0 Å². The molecule has 20 heavy (non-hydrogen) atoms. The van der Waals surface area contributed by atoms with Crippen molar-refractivity contribution in [1.82, 2.24) is 9.80 Å². The number of imide groups is 1. The van der Waals surface area contributed by atoms with Crippen LogP contribution in [0.3, 0.4) is 0 Å². The van der Waals surface area contributed by atoms with Crippen molar-refractivity contribution >= 4 is 34.9 Å². The summed E-state index contributed by atoms with van der Waals surface area (Å²) in [5.74, 6) is -0.702. The van der Waals surface area contributed by atoms with Crippen LogP contribution in [0.25, 0.3) is 6.08 Å². The van der Waals surface area contributed by atoms with E-state index in [0.29, 0.717) is 4.91 Å². The average Bonchev–Trinajstić information content (AvgIpc) is 2.67. The fraction of sp³-hybridized carbons (Fsp3) is 0.214. The van der Waals surface area contributed by atoms with Gasteiger partial charge in [0.05, 0.1) is 4.91 Å². The standard InChI is InChI=1S/C14H14N2O3S/c1-15(2)12(17)9-16-13(18)11(20-14(16)19)8-10-6-4-3-5-7-10/h3-8H,9H2,1-2H3/b11-8+. The van der Waals surface area contributed by atoms with Gasteiger partial charge < -0.3 is 4.90 Å².